The van der Waals surface area contributed by atoms with Crippen molar-refractivity contribution >= 4 is 24.0 Å². The van der Waals surface area contributed by atoms with Gasteiger partial charge < -0.3 is 11.1 Å². The molecule has 3 N–H and O–H groups in total. The molecule has 2 aromatic rings. The minimum atomic E-state index is -1.77. The maximum atomic E-state index is 13.4. The molecule has 0 aliphatic rings. The van der Waals surface area contributed by atoms with E-state index in [9.17, 15) is 22.4 Å². The first-order valence-corrected chi connectivity index (χ1v) is 6.68. The third kappa shape index (κ3) is 4.92. The lowest BCUT2D eigenvalue weighted by molar-refractivity contribution is -0.117. The van der Waals surface area contributed by atoms with Crippen LogP contribution >= 0.6 is 12.4 Å². The minimum Gasteiger partial charge on any atom is -0.325 e. The van der Waals surface area contributed by atoms with Gasteiger partial charge in [-0.1, -0.05) is 11.8 Å². The Morgan fingerprint density at radius 3 is 2.08 bits per heavy atom. The van der Waals surface area contributed by atoms with E-state index in [0.717, 1.165) is 0 Å². The van der Waals surface area contributed by atoms with Crippen molar-refractivity contribution in [3.63, 3.8) is 0 Å². The quantitative estimate of drug-likeness (QED) is 0.483. The first-order chi connectivity index (χ1) is 11.3. The topological polar surface area (TPSA) is 68.0 Å². The second-order valence-corrected chi connectivity index (χ2v) is 4.80. The summed E-state index contributed by atoms with van der Waals surface area (Å²) in [5.74, 6) is -2.86. The summed E-state index contributed by atoms with van der Waals surface area (Å²) in [6, 6.07) is 5.20. The number of benzene rings is 1. The van der Waals surface area contributed by atoms with E-state index in [4.69, 9.17) is 5.73 Å². The summed E-state index contributed by atoms with van der Waals surface area (Å²) < 4.78 is 52.8. The largest absolute Gasteiger partial charge is 0.325 e. The zero-order chi connectivity index (χ0) is 17.9. The number of rotatable bonds is 2. The van der Waals surface area contributed by atoms with Crippen LogP contribution in [-0.4, -0.2) is 16.9 Å². The summed E-state index contributed by atoms with van der Waals surface area (Å²) in [6.07, 6.45) is 0. The van der Waals surface area contributed by atoms with Crippen molar-refractivity contribution in [2.24, 2.45) is 5.73 Å². The number of hydrogen-bond donors (Lipinski definition) is 2. The average molecular weight is 374 g/mol. The summed E-state index contributed by atoms with van der Waals surface area (Å²) in [7, 11) is 0. The fourth-order valence-electron chi connectivity index (χ4n) is 1.62. The number of amides is 1. The highest BCUT2D eigenvalue weighted by molar-refractivity contribution is 5.94. The first kappa shape index (κ1) is 20.4. The molecule has 0 saturated carbocycles. The number of carbonyl (C=O) groups is 1. The minimum absolute atomic E-state index is 0. The normalized spacial score (nSPS) is 11.0. The predicted octanol–water partition coefficient (Wildman–Crippen LogP) is 2.75. The highest BCUT2D eigenvalue weighted by Gasteiger charge is 2.19. The summed E-state index contributed by atoms with van der Waals surface area (Å²) in [5.41, 5.74) is 5.12. The Kier molecular flexibility index (Phi) is 6.91. The molecule has 1 aromatic heterocycles. The number of aromatic nitrogens is 1. The van der Waals surface area contributed by atoms with Crippen molar-refractivity contribution in [3.05, 3.63) is 58.9 Å². The van der Waals surface area contributed by atoms with Gasteiger partial charge in [-0.25, -0.2) is 8.78 Å². The van der Waals surface area contributed by atoms with E-state index in [1.165, 1.54) is 31.2 Å². The van der Waals surface area contributed by atoms with Crippen LogP contribution in [0.25, 0.3) is 0 Å². The molecule has 1 atom stereocenters. The molecule has 132 valence electrons. The lowest BCUT2D eigenvalue weighted by Crippen LogP contribution is -2.32. The fourth-order valence-corrected chi connectivity index (χ4v) is 1.62. The zero-order valence-corrected chi connectivity index (χ0v) is 13.6. The average Bonchev–Trinajstić information content (AvgIpc) is 2.54. The van der Waals surface area contributed by atoms with Crippen LogP contribution in [0.5, 0.6) is 0 Å². The van der Waals surface area contributed by atoms with Crippen LogP contribution in [0.3, 0.4) is 0 Å². The molecular weight excluding hydrogens is 362 g/mol. The van der Waals surface area contributed by atoms with E-state index in [2.05, 4.69) is 16.2 Å². The van der Waals surface area contributed by atoms with Gasteiger partial charge in [0.25, 0.3) is 11.9 Å². The number of anilines is 1. The Balaban J connectivity index is 0.00000312. The Morgan fingerprint density at radius 2 is 1.60 bits per heavy atom. The lowest BCUT2D eigenvalue weighted by Gasteiger charge is -2.07. The summed E-state index contributed by atoms with van der Waals surface area (Å²) in [5, 5.41) is 2.54. The molecule has 4 nitrogen and oxygen atoms in total. The molecule has 0 aliphatic carbocycles. The molecule has 1 heterocycles. The maximum Gasteiger partial charge on any atom is 0.253 e. The van der Waals surface area contributed by atoms with Gasteiger partial charge in [-0.3, -0.25) is 4.79 Å². The van der Waals surface area contributed by atoms with E-state index in [1.54, 1.807) is 0 Å². The van der Waals surface area contributed by atoms with Crippen molar-refractivity contribution in [1.29, 1.82) is 0 Å². The Bertz CT molecular complexity index is 819. The number of hydrogen-bond acceptors (Lipinski definition) is 3. The molecule has 0 aliphatic heterocycles. The van der Waals surface area contributed by atoms with Gasteiger partial charge in [0.15, 0.2) is 11.6 Å². The highest BCUT2D eigenvalue weighted by Crippen LogP contribution is 2.16. The van der Waals surface area contributed by atoms with Gasteiger partial charge in [0.2, 0.25) is 5.91 Å². The molecule has 0 radical (unpaired) electrons. The lowest BCUT2D eigenvalue weighted by atomic mass is 10.1. The molecule has 0 saturated heterocycles. The Morgan fingerprint density at radius 1 is 1.08 bits per heavy atom. The molecule has 0 spiro atoms. The molecule has 1 amide bonds. The van der Waals surface area contributed by atoms with Gasteiger partial charge in [0.1, 0.15) is 5.56 Å². The van der Waals surface area contributed by atoms with Crippen LogP contribution < -0.4 is 11.1 Å². The molecule has 0 bridgehead atoms. The van der Waals surface area contributed by atoms with Crippen molar-refractivity contribution < 1.29 is 22.4 Å². The van der Waals surface area contributed by atoms with Gasteiger partial charge in [-0.15, -0.1) is 12.4 Å². The first-order valence-electron chi connectivity index (χ1n) is 6.68. The van der Waals surface area contributed by atoms with Crippen LogP contribution in [0.1, 0.15) is 18.1 Å². The molecule has 0 fully saturated rings. The predicted molar refractivity (Wildman–Crippen MR) is 86.0 cm³/mol. The number of pyridine rings is 1. The van der Waals surface area contributed by atoms with Gasteiger partial charge >= 0.3 is 0 Å². The third-order valence-corrected chi connectivity index (χ3v) is 2.90. The van der Waals surface area contributed by atoms with Crippen LogP contribution in [0, 0.1) is 35.4 Å². The summed E-state index contributed by atoms with van der Waals surface area (Å²) >= 11 is 0. The van der Waals surface area contributed by atoms with Gasteiger partial charge in [0, 0.05) is 11.3 Å². The van der Waals surface area contributed by atoms with E-state index < -0.39 is 35.1 Å². The maximum absolute atomic E-state index is 13.4. The van der Waals surface area contributed by atoms with E-state index in [0.29, 0.717) is 11.3 Å². The molecule has 0 unspecified atom stereocenters. The standard InChI is InChI=1S/C16H11F4N3O.ClH/c1-8(21)16(24)22-10-5-2-9(3-6-10)4-7-11-12(17)14(19)23-15(20)13(11)18;/h2-3,5-6,8H,21H2,1H3,(H,22,24);1H/t8-;/m0./s1. The monoisotopic (exact) mass is 373 g/mol. The smallest absolute Gasteiger partial charge is 0.253 e. The fraction of sp³-hybridized carbons (Fsp3) is 0.125. The molecular formula is C16H12ClF4N3O. The molecule has 25 heavy (non-hydrogen) atoms. The highest BCUT2D eigenvalue weighted by atomic mass is 35.5. The van der Waals surface area contributed by atoms with Crippen LogP contribution in [-0.2, 0) is 4.79 Å². The van der Waals surface area contributed by atoms with Gasteiger partial charge in [-0.2, -0.15) is 13.8 Å². The van der Waals surface area contributed by atoms with Crippen molar-refractivity contribution in [3.8, 4) is 11.8 Å². The van der Waals surface area contributed by atoms with E-state index in [-0.39, 0.29) is 18.3 Å². The molecule has 9 heteroatoms. The Hall–Kier alpha value is -2.63. The van der Waals surface area contributed by atoms with E-state index in [1.807, 2.05) is 5.92 Å². The van der Waals surface area contributed by atoms with Crippen LogP contribution in [0.2, 0.25) is 0 Å². The van der Waals surface area contributed by atoms with Crippen LogP contribution in [0.15, 0.2) is 24.3 Å². The summed E-state index contributed by atoms with van der Waals surface area (Å²) in [4.78, 5) is 13.9. The SMILES string of the molecule is C[C@H](N)C(=O)Nc1ccc(C#Cc2c(F)c(F)nc(F)c2F)cc1.Cl. The number of nitrogens with two attached hydrogens (primary N) is 1. The van der Waals surface area contributed by atoms with Crippen molar-refractivity contribution in [2.45, 2.75) is 13.0 Å². The molecule has 2 rings (SSSR count). The summed E-state index contributed by atoms with van der Waals surface area (Å²) in [6.45, 7) is 1.52. The van der Waals surface area contributed by atoms with Crippen molar-refractivity contribution in [2.75, 3.05) is 5.32 Å². The second kappa shape index (κ2) is 8.46. The number of nitrogens with one attached hydrogen (secondary N) is 1. The zero-order valence-electron chi connectivity index (χ0n) is 12.7. The molecule has 1 aromatic carbocycles. The van der Waals surface area contributed by atoms with Gasteiger partial charge in [0.05, 0.1) is 6.04 Å². The number of nitrogens with zero attached hydrogens (tertiary/aromatic N) is 1. The van der Waals surface area contributed by atoms with Gasteiger partial charge in [-0.05, 0) is 31.2 Å². The number of halogens is 5. The van der Waals surface area contributed by atoms with E-state index >= 15 is 0 Å². The van der Waals surface area contributed by atoms with Crippen molar-refractivity contribution in [1.82, 2.24) is 4.98 Å². The number of carbonyl (C=O) groups excluding carboxylic acids is 1. The third-order valence-electron chi connectivity index (χ3n) is 2.90. The Labute approximate surface area is 146 Å². The van der Waals surface area contributed by atoms with Crippen LogP contribution in [0.4, 0.5) is 23.2 Å². The second-order valence-electron chi connectivity index (χ2n) is 4.80.